The summed E-state index contributed by atoms with van der Waals surface area (Å²) >= 11 is 0. The van der Waals surface area contributed by atoms with Gasteiger partial charge in [-0.25, -0.2) is 0 Å². The molecule has 2 aliphatic rings. The molecular formula is C18H21F3N2O2. The first kappa shape index (κ1) is 17.8. The average Bonchev–Trinajstić information content (AvgIpc) is 3.21. The summed E-state index contributed by atoms with van der Waals surface area (Å²) in [5.74, 6) is -0.711. The molecule has 3 rings (SSSR count). The highest BCUT2D eigenvalue weighted by Crippen LogP contribution is 2.32. The molecule has 1 aromatic rings. The van der Waals surface area contributed by atoms with Crippen molar-refractivity contribution in [3.63, 3.8) is 0 Å². The molecule has 136 valence electrons. The minimum absolute atomic E-state index is 0.0462. The first-order valence-corrected chi connectivity index (χ1v) is 8.60. The maximum atomic E-state index is 13.0. The van der Waals surface area contributed by atoms with E-state index < -0.39 is 17.6 Å². The van der Waals surface area contributed by atoms with Crippen LogP contribution < -0.4 is 5.32 Å². The molecule has 1 heterocycles. The highest BCUT2D eigenvalue weighted by Gasteiger charge is 2.37. The zero-order valence-electron chi connectivity index (χ0n) is 13.8. The number of halogens is 3. The topological polar surface area (TPSA) is 49.4 Å². The molecule has 7 heteroatoms. The van der Waals surface area contributed by atoms with E-state index in [9.17, 15) is 22.8 Å². The number of amides is 2. The van der Waals surface area contributed by atoms with Gasteiger partial charge in [0.1, 0.15) is 0 Å². The summed E-state index contributed by atoms with van der Waals surface area (Å²) in [6.07, 6.45) is 0.0654. The van der Waals surface area contributed by atoms with Crippen molar-refractivity contribution in [3.05, 3.63) is 35.4 Å². The molecule has 1 saturated carbocycles. The Hall–Kier alpha value is -2.05. The summed E-state index contributed by atoms with van der Waals surface area (Å²) in [4.78, 5) is 26.2. The lowest BCUT2D eigenvalue weighted by Gasteiger charge is -2.24. The van der Waals surface area contributed by atoms with E-state index in [-0.39, 0.29) is 23.9 Å². The molecule has 0 aromatic heterocycles. The fourth-order valence-corrected chi connectivity index (χ4v) is 3.77. The van der Waals surface area contributed by atoms with Gasteiger partial charge >= 0.3 is 6.18 Å². The molecule has 1 aliphatic carbocycles. The Labute approximate surface area is 144 Å². The van der Waals surface area contributed by atoms with Crippen LogP contribution in [0, 0.1) is 5.92 Å². The first-order chi connectivity index (χ1) is 11.9. The Morgan fingerprint density at radius 1 is 1.20 bits per heavy atom. The van der Waals surface area contributed by atoms with Crippen molar-refractivity contribution in [2.45, 2.75) is 44.3 Å². The average molecular weight is 354 g/mol. The molecule has 2 fully saturated rings. The second-order valence-electron chi connectivity index (χ2n) is 6.81. The van der Waals surface area contributed by atoms with Crippen LogP contribution in [0.5, 0.6) is 0 Å². The predicted octanol–water partition coefficient (Wildman–Crippen LogP) is 3.23. The predicted molar refractivity (Wildman–Crippen MR) is 85.9 cm³/mol. The van der Waals surface area contributed by atoms with E-state index >= 15 is 0 Å². The van der Waals surface area contributed by atoms with Gasteiger partial charge in [0.05, 0.1) is 11.1 Å². The van der Waals surface area contributed by atoms with Crippen molar-refractivity contribution >= 4 is 11.8 Å². The van der Waals surface area contributed by atoms with E-state index in [4.69, 9.17) is 0 Å². The lowest BCUT2D eigenvalue weighted by atomic mass is 10.1. The van der Waals surface area contributed by atoms with Crippen molar-refractivity contribution < 1.29 is 22.8 Å². The van der Waals surface area contributed by atoms with Crippen LogP contribution in [0.25, 0.3) is 0 Å². The van der Waals surface area contributed by atoms with Gasteiger partial charge in [-0.2, -0.15) is 13.2 Å². The molecular weight excluding hydrogens is 333 g/mol. The van der Waals surface area contributed by atoms with Crippen LogP contribution in [0.1, 0.15) is 48.0 Å². The quantitative estimate of drug-likeness (QED) is 0.903. The Morgan fingerprint density at radius 3 is 2.56 bits per heavy atom. The van der Waals surface area contributed by atoms with Gasteiger partial charge in [0.2, 0.25) is 5.91 Å². The summed E-state index contributed by atoms with van der Waals surface area (Å²) in [6, 6.07) is 5.03. The lowest BCUT2D eigenvalue weighted by Crippen LogP contribution is -2.36. The number of carbonyl (C=O) groups excluding carboxylic acids is 2. The number of alkyl halides is 3. The van der Waals surface area contributed by atoms with Crippen molar-refractivity contribution in [3.8, 4) is 0 Å². The van der Waals surface area contributed by atoms with Gasteiger partial charge < -0.3 is 10.2 Å². The minimum atomic E-state index is -4.57. The molecule has 4 nitrogen and oxygen atoms in total. The fourth-order valence-electron chi connectivity index (χ4n) is 3.77. The third-order valence-electron chi connectivity index (χ3n) is 5.03. The van der Waals surface area contributed by atoms with Gasteiger partial charge in [-0.1, -0.05) is 25.0 Å². The van der Waals surface area contributed by atoms with Gasteiger partial charge in [-0.15, -0.1) is 0 Å². The van der Waals surface area contributed by atoms with Gasteiger partial charge in [0.25, 0.3) is 5.91 Å². The fraction of sp³-hybridized carbons (Fsp3) is 0.556. The van der Waals surface area contributed by atoms with Crippen molar-refractivity contribution in [2.24, 2.45) is 5.92 Å². The number of benzene rings is 1. The molecule has 1 N–H and O–H groups in total. The zero-order valence-corrected chi connectivity index (χ0v) is 13.8. The van der Waals surface area contributed by atoms with Gasteiger partial charge in [-0.05, 0) is 25.0 Å². The largest absolute Gasteiger partial charge is 0.417 e. The Morgan fingerprint density at radius 2 is 1.88 bits per heavy atom. The zero-order chi connectivity index (χ0) is 18.0. The SMILES string of the molecule is O=C(NCC1CC(=O)N(C2CCCC2)C1)c1ccccc1C(F)(F)F. The highest BCUT2D eigenvalue weighted by atomic mass is 19.4. The van der Waals surface area contributed by atoms with Crippen LogP contribution in [0.3, 0.4) is 0 Å². The molecule has 0 radical (unpaired) electrons. The summed E-state index contributed by atoms with van der Waals surface area (Å²) in [7, 11) is 0. The molecule has 25 heavy (non-hydrogen) atoms. The van der Waals surface area contributed by atoms with Crippen LogP contribution >= 0.6 is 0 Å². The minimum Gasteiger partial charge on any atom is -0.352 e. The first-order valence-electron chi connectivity index (χ1n) is 8.60. The second kappa shape index (κ2) is 7.06. The maximum absolute atomic E-state index is 13.0. The van der Waals surface area contributed by atoms with Crippen LogP contribution in [0.15, 0.2) is 24.3 Å². The molecule has 0 bridgehead atoms. The van der Waals surface area contributed by atoms with Gasteiger partial charge in [-0.3, -0.25) is 9.59 Å². The highest BCUT2D eigenvalue weighted by molar-refractivity contribution is 5.95. The number of rotatable bonds is 4. The van der Waals surface area contributed by atoms with Crippen molar-refractivity contribution in [1.82, 2.24) is 10.2 Å². The Balaban J connectivity index is 1.59. The molecule has 0 spiro atoms. The molecule has 1 saturated heterocycles. The van der Waals surface area contributed by atoms with E-state index in [0.29, 0.717) is 19.0 Å². The summed E-state index contributed by atoms with van der Waals surface area (Å²) in [5.41, 5.74) is -1.32. The van der Waals surface area contributed by atoms with Crippen molar-refractivity contribution in [2.75, 3.05) is 13.1 Å². The number of nitrogens with one attached hydrogen (secondary N) is 1. The normalized spacial score (nSPS) is 21.8. The number of nitrogens with zero attached hydrogens (tertiary/aromatic N) is 1. The van der Waals surface area contributed by atoms with E-state index in [1.165, 1.54) is 18.2 Å². The van der Waals surface area contributed by atoms with E-state index in [0.717, 1.165) is 31.7 Å². The summed E-state index contributed by atoms with van der Waals surface area (Å²) in [5, 5.41) is 2.57. The number of hydrogen-bond donors (Lipinski definition) is 1. The second-order valence-corrected chi connectivity index (χ2v) is 6.81. The van der Waals surface area contributed by atoms with Crippen LogP contribution in [-0.4, -0.2) is 35.8 Å². The standard InChI is InChI=1S/C18H21F3N2O2/c19-18(20,21)15-8-4-3-7-14(15)17(25)22-10-12-9-16(24)23(11-12)13-5-1-2-6-13/h3-4,7-8,12-13H,1-2,5-6,9-11H2,(H,22,25). The smallest absolute Gasteiger partial charge is 0.352 e. The summed E-state index contributed by atoms with van der Waals surface area (Å²) in [6.45, 7) is 0.782. The molecule has 2 amide bonds. The van der Waals surface area contributed by atoms with Crippen LogP contribution in [0.4, 0.5) is 13.2 Å². The van der Waals surface area contributed by atoms with E-state index in [1.54, 1.807) is 0 Å². The van der Waals surface area contributed by atoms with Gasteiger partial charge in [0, 0.05) is 31.5 Å². The van der Waals surface area contributed by atoms with Gasteiger partial charge in [0.15, 0.2) is 0 Å². The third kappa shape index (κ3) is 3.96. The molecule has 1 aliphatic heterocycles. The maximum Gasteiger partial charge on any atom is 0.417 e. The van der Waals surface area contributed by atoms with E-state index in [2.05, 4.69) is 5.32 Å². The molecule has 1 unspecified atom stereocenters. The lowest BCUT2D eigenvalue weighted by molar-refractivity contribution is -0.138. The molecule has 1 atom stereocenters. The molecule has 1 aromatic carbocycles. The number of carbonyl (C=O) groups is 2. The van der Waals surface area contributed by atoms with Crippen molar-refractivity contribution in [1.29, 1.82) is 0 Å². The van der Waals surface area contributed by atoms with E-state index in [1.807, 2.05) is 4.90 Å². The van der Waals surface area contributed by atoms with Crippen LogP contribution in [0.2, 0.25) is 0 Å². The number of hydrogen-bond acceptors (Lipinski definition) is 2. The summed E-state index contributed by atoms with van der Waals surface area (Å²) < 4.78 is 39.0. The number of likely N-dealkylation sites (tertiary alicyclic amines) is 1. The van der Waals surface area contributed by atoms with Crippen LogP contribution in [-0.2, 0) is 11.0 Å². The Bertz CT molecular complexity index is 654. The Kier molecular flexibility index (Phi) is 5.01. The monoisotopic (exact) mass is 354 g/mol. The third-order valence-corrected chi connectivity index (χ3v) is 5.03.